The highest BCUT2D eigenvalue weighted by molar-refractivity contribution is 7.98. The molecule has 3 heterocycles. The van der Waals surface area contributed by atoms with Crippen molar-refractivity contribution < 1.29 is 20.1 Å². The molecule has 0 aromatic carbocycles. The van der Waals surface area contributed by atoms with Gasteiger partial charge in [0.15, 0.2) is 11.9 Å². The molecule has 2 aromatic heterocycles. The highest BCUT2D eigenvalue weighted by Crippen LogP contribution is 2.32. The first kappa shape index (κ1) is 13.7. The molecular weight excluding hydrogens is 284 g/mol. The van der Waals surface area contributed by atoms with Crippen LogP contribution in [0.1, 0.15) is 6.23 Å². The first-order valence-electron chi connectivity index (χ1n) is 6.01. The van der Waals surface area contributed by atoms with Crippen LogP contribution in [0.3, 0.4) is 0 Å². The first-order valence-corrected chi connectivity index (χ1v) is 7.23. The van der Waals surface area contributed by atoms with Gasteiger partial charge in [0, 0.05) is 0 Å². The maximum atomic E-state index is 10.0. The van der Waals surface area contributed by atoms with E-state index in [1.807, 2.05) is 6.26 Å². The zero-order chi connectivity index (χ0) is 14.3. The lowest BCUT2D eigenvalue weighted by Gasteiger charge is -2.16. The van der Waals surface area contributed by atoms with Gasteiger partial charge in [0.05, 0.1) is 12.9 Å². The molecule has 0 aliphatic carbocycles. The number of imidazole rings is 1. The third-order valence-electron chi connectivity index (χ3n) is 3.31. The Morgan fingerprint density at radius 1 is 1.30 bits per heavy atom. The van der Waals surface area contributed by atoms with Crippen LogP contribution in [0.4, 0.5) is 0 Å². The summed E-state index contributed by atoms with van der Waals surface area (Å²) in [4.78, 5) is 12.5. The molecule has 0 saturated carbocycles. The van der Waals surface area contributed by atoms with E-state index in [0.717, 1.165) is 5.03 Å². The number of fused-ring (bicyclic) bond motifs is 1. The number of hydrogen-bond acceptors (Lipinski definition) is 8. The van der Waals surface area contributed by atoms with Gasteiger partial charge in [0.1, 0.15) is 35.2 Å². The number of ether oxygens (including phenoxy) is 1. The Hall–Kier alpha value is -1.26. The van der Waals surface area contributed by atoms with Crippen molar-refractivity contribution >= 4 is 22.9 Å². The smallest absolute Gasteiger partial charge is 0.166 e. The molecule has 108 valence electrons. The lowest BCUT2D eigenvalue weighted by Crippen LogP contribution is -2.33. The summed E-state index contributed by atoms with van der Waals surface area (Å²) < 4.78 is 7.01. The van der Waals surface area contributed by atoms with Gasteiger partial charge in [-0.15, -0.1) is 11.8 Å². The van der Waals surface area contributed by atoms with E-state index in [1.165, 1.54) is 24.4 Å². The normalized spacial score (nSPS) is 30.2. The number of aliphatic hydroxyl groups is 3. The largest absolute Gasteiger partial charge is 0.394 e. The Morgan fingerprint density at radius 2 is 2.10 bits per heavy atom. The predicted octanol–water partition coefficient (Wildman–Crippen LogP) is -0.840. The zero-order valence-corrected chi connectivity index (χ0v) is 11.4. The summed E-state index contributed by atoms with van der Waals surface area (Å²) in [6.45, 7) is -0.369. The van der Waals surface area contributed by atoms with Crippen LogP contribution >= 0.6 is 11.8 Å². The molecule has 1 aliphatic rings. The van der Waals surface area contributed by atoms with E-state index >= 15 is 0 Å². The van der Waals surface area contributed by atoms with Crippen molar-refractivity contribution in [3.63, 3.8) is 0 Å². The number of aromatic nitrogens is 4. The van der Waals surface area contributed by atoms with Crippen LogP contribution in [-0.4, -0.2) is 66.0 Å². The van der Waals surface area contributed by atoms with Gasteiger partial charge in [-0.25, -0.2) is 15.0 Å². The molecule has 1 saturated heterocycles. The fourth-order valence-corrected chi connectivity index (χ4v) is 2.77. The SMILES string of the molecule is CSc1ncnc2c1ncn2[C@@H]1O[C@H](CO)C(O)C1O. The molecule has 1 fully saturated rings. The minimum absolute atomic E-state index is 0.369. The summed E-state index contributed by atoms with van der Waals surface area (Å²) in [5.74, 6) is 0. The average Bonchev–Trinajstić information content (AvgIpc) is 3.01. The van der Waals surface area contributed by atoms with Crippen LogP contribution in [0, 0.1) is 0 Å². The summed E-state index contributed by atoms with van der Waals surface area (Å²) in [6, 6.07) is 0. The van der Waals surface area contributed by atoms with Gasteiger partial charge in [0.25, 0.3) is 0 Å². The molecule has 1 aliphatic heterocycles. The second-order valence-corrected chi connectivity index (χ2v) is 5.23. The summed E-state index contributed by atoms with van der Waals surface area (Å²) in [6.07, 6.45) is 0.813. The van der Waals surface area contributed by atoms with Crippen molar-refractivity contribution in [1.29, 1.82) is 0 Å². The van der Waals surface area contributed by atoms with E-state index in [9.17, 15) is 10.2 Å². The maximum Gasteiger partial charge on any atom is 0.166 e. The molecule has 4 atom stereocenters. The van der Waals surface area contributed by atoms with Crippen LogP contribution in [0.2, 0.25) is 0 Å². The number of thioether (sulfide) groups is 1. The summed E-state index contributed by atoms with van der Waals surface area (Å²) in [5.41, 5.74) is 1.12. The lowest BCUT2D eigenvalue weighted by molar-refractivity contribution is -0.0511. The van der Waals surface area contributed by atoms with Gasteiger partial charge in [-0.05, 0) is 6.26 Å². The second kappa shape index (κ2) is 5.26. The van der Waals surface area contributed by atoms with Gasteiger partial charge in [-0.3, -0.25) is 4.57 Å². The molecule has 0 radical (unpaired) electrons. The fourth-order valence-electron chi connectivity index (χ4n) is 2.28. The van der Waals surface area contributed by atoms with Crippen molar-refractivity contribution in [3.8, 4) is 0 Å². The van der Waals surface area contributed by atoms with Gasteiger partial charge in [-0.1, -0.05) is 0 Å². The van der Waals surface area contributed by atoms with Crippen LogP contribution in [0.25, 0.3) is 11.2 Å². The van der Waals surface area contributed by atoms with Crippen LogP contribution < -0.4 is 0 Å². The Morgan fingerprint density at radius 3 is 2.75 bits per heavy atom. The highest BCUT2D eigenvalue weighted by atomic mass is 32.2. The van der Waals surface area contributed by atoms with Crippen molar-refractivity contribution in [2.45, 2.75) is 29.6 Å². The third-order valence-corrected chi connectivity index (χ3v) is 4.00. The van der Waals surface area contributed by atoms with E-state index in [1.54, 1.807) is 4.57 Å². The van der Waals surface area contributed by atoms with Crippen molar-refractivity contribution in [3.05, 3.63) is 12.7 Å². The van der Waals surface area contributed by atoms with Crippen molar-refractivity contribution in [2.75, 3.05) is 12.9 Å². The topological polar surface area (TPSA) is 114 Å². The quantitative estimate of drug-likeness (QED) is 0.496. The molecule has 2 unspecified atom stereocenters. The molecule has 0 amide bonds. The Labute approximate surface area is 118 Å². The molecule has 0 spiro atoms. The number of nitrogens with zero attached hydrogens (tertiary/aromatic N) is 4. The van der Waals surface area contributed by atoms with Crippen molar-refractivity contribution in [1.82, 2.24) is 19.5 Å². The Balaban J connectivity index is 2.03. The summed E-state index contributed by atoms with van der Waals surface area (Å²) in [5, 5.41) is 29.7. The van der Waals surface area contributed by atoms with Crippen LogP contribution in [0.5, 0.6) is 0 Å². The van der Waals surface area contributed by atoms with Gasteiger partial charge >= 0.3 is 0 Å². The molecule has 8 nitrogen and oxygen atoms in total. The van der Waals surface area contributed by atoms with Crippen LogP contribution in [0.15, 0.2) is 17.7 Å². The molecule has 3 N–H and O–H groups in total. The molecule has 20 heavy (non-hydrogen) atoms. The van der Waals surface area contributed by atoms with Gasteiger partial charge in [-0.2, -0.15) is 0 Å². The number of aliphatic hydroxyl groups excluding tert-OH is 3. The molecule has 0 bridgehead atoms. The second-order valence-electron chi connectivity index (χ2n) is 4.44. The Kier molecular flexibility index (Phi) is 3.61. The van der Waals surface area contributed by atoms with Crippen LogP contribution in [-0.2, 0) is 4.74 Å². The van der Waals surface area contributed by atoms with E-state index in [0.29, 0.717) is 11.2 Å². The molecule has 3 rings (SSSR count). The third kappa shape index (κ3) is 1.98. The molecule has 9 heteroatoms. The van der Waals surface area contributed by atoms with Crippen molar-refractivity contribution in [2.24, 2.45) is 0 Å². The van der Waals surface area contributed by atoms with E-state index in [-0.39, 0.29) is 6.61 Å². The molecular formula is C11H14N4O4S. The first-order chi connectivity index (χ1) is 9.67. The fraction of sp³-hybridized carbons (Fsp3) is 0.545. The van der Waals surface area contributed by atoms with E-state index < -0.39 is 24.5 Å². The zero-order valence-electron chi connectivity index (χ0n) is 10.6. The minimum atomic E-state index is -1.16. The van der Waals surface area contributed by atoms with Gasteiger partial charge in [0.2, 0.25) is 0 Å². The molecule has 2 aromatic rings. The monoisotopic (exact) mass is 298 g/mol. The standard InChI is InChI=1S/C11H14N4O4S/c1-20-10-6-9(12-3-13-10)15(4-14-6)11-8(18)7(17)5(2-16)19-11/h3-5,7-8,11,16-18H,2H2,1H3/t5-,7?,8?,11-/m1/s1. The predicted molar refractivity (Wildman–Crippen MR) is 70.1 cm³/mol. The summed E-state index contributed by atoms with van der Waals surface area (Å²) in [7, 11) is 0. The van der Waals surface area contributed by atoms with E-state index in [2.05, 4.69) is 15.0 Å². The highest BCUT2D eigenvalue weighted by Gasteiger charge is 2.43. The minimum Gasteiger partial charge on any atom is -0.394 e. The Bertz CT molecular complexity index is 621. The van der Waals surface area contributed by atoms with E-state index in [4.69, 9.17) is 9.84 Å². The lowest BCUT2D eigenvalue weighted by atomic mass is 10.1. The van der Waals surface area contributed by atoms with Gasteiger partial charge < -0.3 is 20.1 Å². The number of rotatable bonds is 3. The maximum absolute atomic E-state index is 10.0. The number of hydrogen-bond donors (Lipinski definition) is 3. The summed E-state index contributed by atoms with van der Waals surface area (Å²) >= 11 is 1.44. The average molecular weight is 298 g/mol.